The summed E-state index contributed by atoms with van der Waals surface area (Å²) in [6, 6.07) is 22.3. The van der Waals surface area contributed by atoms with E-state index in [1.165, 1.54) is 0 Å². The summed E-state index contributed by atoms with van der Waals surface area (Å²) in [7, 11) is 0. The van der Waals surface area contributed by atoms with Crippen molar-refractivity contribution in [3.63, 3.8) is 0 Å². The summed E-state index contributed by atoms with van der Waals surface area (Å²) in [4.78, 5) is 30.1. The van der Waals surface area contributed by atoms with Crippen molar-refractivity contribution in [1.29, 1.82) is 0 Å². The quantitative estimate of drug-likeness (QED) is 0.541. The molecule has 0 bridgehead atoms. The molecule has 0 spiro atoms. The molecule has 0 saturated carbocycles. The molecule has 0 atom stereocenters. The second-order valence-electron chi connectivity index (χ2n) is 6.04. The first kappa shape index (κ1) is 17.8. The Morgan fingerprint density at radius 2 is 1.68 bits per heavy atom. The van der Waals surface area contributed by atoms with Crippen LogP contribution in [0.4, 0.5) is 10.5 Å². The van der Waals surface area contributed by atoms with E-state index in [1.54, 1.807) is 42.5 Å². The number of amides is 2. The first-order valence-electron chi connectivity index (χ1n) is 8.52. The highest BCUT2D eigenvalue weighted by atomic mass is 35.5. The van der Waals surface area contributed by atoms with Gasteiger partial charge in [0.05, 0.1) is 10.9 Å². The van der Waals surface area contributed by atoms with Gasteiger partial charge in [-0.05, 0) is 30.3 Å². The molecular formula is C21H15ClN4O2. The molecule has 7 heteroatoms. The molecule has 28 heavy (non-hydrogen) atoms. The molecule has 3 aromatic carbocycles. The van der Waals surface area contributed by atoms with Crippen LogP contribution in [0.1, 0.15) is 0 Å². The van der Waals surface area contributed by atoms with E-state index in [0.29, 0.717) is 33.0 Å². The molecule has 4 rings (SSSR count). The molecule has 0 unspecified atom stereocenters. The number of carbonyl (C=O) groups excluding carboxylic acids is 1. The normalized spacial score (nSPS) is 10.6. The summed E-state index contributed by atoms with van der Waals surface area (Å²) in [5.41, 5.74) is 3.98. The molecule has 0 aliphatic heterocycles. The van der Waals surface area contributed by atoms with Crippen molar-refractivity contribution in [2.45, 2.75) is 0 Å². The molecule has 0 aliphatic carbocycles. The molecule has 0 radical (unpaired) electrons. The highest BCUT2D eigenvalue weighted by Gasteiger charge is 2.15. The Kier molecular flexibility index (Phi) is 4.78. The molecule has 0 aliphatic rings. The number of carbonyl (C=O) groups is 1. The zero-order chi connectivity index (χ0) is 19.5. The SMILES string of the molecule is O=C(Nc1cccc(Cl)c1)Nn1c(-c2ccccc2)nc2ccccc2c1=O. The number of aromatic nitrogens is 2. The van der Waals surface area contributed by atoms with Gasteiger partial charge in [0.1, 0.15) is 0 Å². The van der Waals surface area contributed by atoms with E-state index in [1.807, 2.05) is 36.4 Å². The number of para-hydroxylation sites is 1. The second kappa shape index (κ2) is 7.54. The highest BCUT2D eigenvalue weighted by molar-refractivity contribution is 6.30. The van der Waals surface area contributed by atoms with Crippen molar-refractivity contribution >= 4 is 34.2 Å². The molecule has 1 heterocycles. The first-order chi connectivity index (χ1) is 13.6. The molecule has 1 aromatic heterocycles. The topological polar surface area (TPSA) is 76.0 Å². The van der Waals surface area contributed by atoms with Gasteiger partial charge in [0.25, 0.3) is 5.56 Å². The number of rotatable bonds is 3. The van der Waals surface area contributed by atoms with Gasteiger partial charge in [0.2, 0.25) is 0 Å². The van der Waals surface area contributed by atoms with Crippen LogP contribution in [0.5, 0.6) is 0 Å². The highest BCUT2D eigenvalue weighted by Crippen LogP contribution is 2.18. The van der Waals surface area contributed by atoms with Crippen LogP contribution >= 0.6 is 11.6 Å². The maximum Gasteiger partial charge on any atom is 0.338 e. The number of benzene rings is 3. The van der Waals surface area contributed by atoms with E-state index in [2.05, 4.69) is 15.7 Å². The van der Waals surface area contributed by atoms with Crippen molar-refractivity contribution in [2.24, 2.45) is 0 Å². The molecule has 0 fully saturated rings. The van der Waals surface area contributed by atoms with Gasteiger partial charge in [0, 0.05) is 16.3 Å². The number of nitrogens with zero attached hydrogens (tertiary/aromatic N) is 2. The zero-order valence-electron chi connectivity index (χ0n) is 14.6. The number of hydrogen-bond donors (Lipinski definition) is 2. The molecular weight excluding hydrogens is 376 g/mol. The van der Waals surface area contributed by atoms with Crippen LogP contribution < -0.4 is 16.3 Å². The molecule has 2 amide bonds. The van der Waals surface area contributed by atoms with Crippen LogP contribution in [0.3, 0.4) is 0 Å². The third kappa shape index (κ3) is 3.58. The lowest BCUT2D eigenvalue weighted by atomic mass is 10.2. The summed E-state index contributed by atoms with van der Waals surface area (Å²) < 4.78 is 1.15. The molecule has 6 nitrogen and oxygen atoms in total. The Morgan fingerprint density at radius 1 is 0.929 bits per heavy atom. The lowest BCUT2D eigenvalue weighted by molar-refractivity contribution is 0.259. The minimum absolute atomic E-state index is 0.338. The fourth-order valence-electron chi connectivity index (χ4n) is 2.84. The maximum absolute atomic E-state index is 13.0. The summed E-state index contributed by atoms with van der Waals surface area (Å²) >= 11 is 5.95. The van der Waals surface area contributed by atoms with Gasteiger partial charge >= 0.3 is 6.03 Å². The largest absolute Gasteiger partial charge is 0.338 e. The van der Waals surface area contributed by atoms with E-state index in [9.17, 15) is 9.59 Å². The average molecular weight is 391 g/mol. The van der Waals surface area contributed by atoms with Crippen LogP contribution in [0, 0.1) is 0 Å². The summed E-state index contributed by atoms with van der Waals surface area (Å²) in [6.45, 7) is 0. The van der Waals surface area contributed by atoms with Crippen molar-refractivity contribution in [3.05, 3.63) is 94.2 Å². The van der Waals surface area contributed by atoms with Crippen LogP contribution in [0.15, 0.2) is 83.7 Å². The molecule has 4 aromatic rings. The predicted molar refractivity (Wildman–Crippen MR) is 111 cm³/mol. The van der Waals surface area contributed by atoms with Gasteiger partial charge in [-0.25, -0.2) is 15.2 Å². The molecule has 0 saturated heterocycles. The van der Waals surface area contributed by atoms with Gasteiger partial charge in [0.15, 0.2) is 5.82 Å². The monoisotopic (exact) mass is 390 g/mol. The summed E-state index contributed by atoms with van der Waals surface area (Å²) in [6.07, 6.45) is 0. The lowest BCUT2D eigenvalue weighted by Gasteiger charge is -2.15. The third-order valence-electron chi connectivity index (χ3n) is 4.10. The number of urea groups is 1. The lowest BCUT2D eigenvalue weighted by Crippen LogP contribution is -2.37. The number of halogens is 1. The smallest absolute Gasteiger partial charge is 0.307 e. The standard InChI is InChI=1S/C21H15ClN4O2/c22-15-9-6-10-16(13-15)23-21(28)25-26-19(14-7-2-1-3-8-14)24-18-12-5-4-11-17(18)20(26)27/h1-13H,(H2,23,25,28). The van der Waals surface area contributed by atoms with Crippen molar-refractivity contribution in [1.82, 2.24) is 9.66 Å². The first-order valence-corrected chi connectivity index (χ1v) is 8.90. The fraction of sp³-hybridized carbons (Fsp3) is 0. The predicted octanol–water partition coefficient (Wildman–Crippen LogP) is 4.49. The van der Waals surface area contributed by atoms with Crippen LogP contribution in [-0.4, -0.2) is 15.7 Å². The maximum atomic E-state index is 13.0. The van der Waals surface area contributed by atoms with Crippen LogP contribution in [-0.2, 0) is 0 Å². The fourth-order valence-corrected chi connectivity index (χ4v) is 3.03. The Hall–Kier alpha value is -3.64. The zero-order valence-corrected chi connectivity index (χ0v) is 15.4. The molecule has 2 N–H and O–H groups in total. The van der Waals surface area contributed by atoms with Gasteiger partial charge in [-0.3, -0.25) is 4.79 Å². The van der Waals surface area contributed by atoms with E-state index in [4.69, 9.17) is 11.6 Å². The van der Waals surface area contributed by atoms with Crippen molar-refractivity contribution < 1.29 is 4.79 Å². The summed E-state index contributed by atoms with van der Waals surface area (Å²) in [5, 5.41) is 3.56. The number of nitrogens with one attached hydrogen (secondary N) is 2. The third-order valence-corrected chi connectivity index (χ3v) is 4.34. The van der Waals surface area contributed by atoms with E-state index < -0.39 is 6.03 Å². The van der Waals surface area contributed by atoms with Gasteiger partial charge < -0.3 is 5.32 Å². The molecule has 138 valence electrons. The van der Waals surface area contributed by atoms with Gasteiger partial charge in [-0.2, -0.15) is 4.68 Å². The Labute approximate surface area is 165 Å². The van der Waals surface area contributed by atoms with Gasteiger partial charge in [-0.15, -0.1) is 0 Å². The van der Waals surface area contributed by atoms with Crippen LogP contribution in [0.25, 0.3) is 22.3 Å². The average Bonchev–Trinajstić information content (AvgIpc) is 2.70. The number of hydrogen-bond acceptors (Lipinski definition) is 3. The minimum atomic E-state index is -0.585. The van der Waals surface area contributed by atoms with E-state index in [-0.39, 0.29) is 5.56 Å². The van der Waals surface area contributed by atoms with Crippen molar-refractivity contribution in [2.75, 3.05) is 10.7 Å². The number of fused-ring (bicyclic) bond motifs is 1. The number of anilines is 1. The Morgan fingerprint density at radius 3 is 2.46 bits per heavy atom. The van der Waals surface area contributed by atoms with Crippen LogP contribution in [0.2, 0.25) is 5.02 Å². The second-order valence-corrected chi connectivity index (χ2v) is 6.47. The summed E-state index contributed by atoms with van der Waals surface area (Å²) in [5.74, 6) is 0.338. The van der Waals surface area contributed by atoms with Gasteiger partial charge in [-0.1, -0.05) is 60.1 Å². The Balaban J connectivity index is 1.77. The Bertz CT molecular complexity index is 1220. The van der Waals surface area contributed by atoms with E-state index >= 15 is 0 Å². The van der Waals surface area contributed by atoms with E-state index in [0.717, 1.165) is 4.68 Å². The van der Waals surface area contributed by atoms with Crippen molar-refractivity contribution in [3.8, 4) is 11.4 Å². The minimum Gasteiger partial charge on any atom is -0.307 e.